The van der Waals surface area contributed by atoms with E-state index in [1.54, 1.807) is 0 Å². The fourth-order valence-electron chi connectivity index (χ4n) is 3.03. The SMILES string of the molecule is Cc1ccc(NC(=S)N(Cc2ccccc2)[C@@H](C)C2CC2)cc1C. The van der Waals surface area contributed by atoms with Gasteiger partial charge in [-0.25, -0.2) is 0 Å². The molecule has 3 rings (SSSR count). The van der Waals surface area contributed by atoms with E-state index in [-0.39, 0.29) is 0 Å². The normalized spacial score (nSPS) is 15.0. The lowest BCUT2D eigenvalue weighted by Gasteiger charge is -2.32. The van der Waals surface area contributed by atoms with Gasteiger partial charge >= 0.3 is 0 Å². The summed E-state index contributed by atoms with van der Waals surface area (Å²) < 4.78 is 0. The maximum atomic E-state index is 5.77. The molecule has 0 unspecified atom stereocenters. The zero-order valence-electron chi connectivity index (χ0n) is 14.8. The van der Waals surface area contributed by atoms with E-state index >= 15 is 0 Å². The van der Waals surface area contributed by atoms with Crippen LogP contribution in [0.25, 0.3) is 0 Å². The maximum Gasteiger partial charge on any atom is 0.173 e. The summed E-state index contributed by atoms with van der Waals surface area (Å²) in [6.07, 6.45) is 2.64. The minimum atomic E-state index is 0.469. The highest BCUT2D eigenvalue weighted by atomic mass is 32.1. The van der Waals surface area contributed by atoms with Crippen molar-refractivity contribution in [3.05, 3.63) is 65.2 Å². The van der Waals surface area contributed by atoms with E-state index in [2.05, 4.69) is 79.5 Å². The van der Waals surface area contributed by atoms with Gasteiger partial charge in [-0.15, -0.1) is 0 Å². The Bertz CT molecular complexity index is 707. The lowest BCUT2D eigenvalue weighted by molar-refractivity contribution is 0.298. The maximum absolute atomic E-state index is 5.77. The van der Waals surface area contributed by atoms with Gasteiger partial charge in [0.2, 0.25) is 0 Å². The van der Waals surface area contributed by atoms with Crippen LogP contribution in [0.2, 0.25) is 0 Å². The molecule has 2 aromatic rings. The van der Waals surface area contributed by atoms with Gasteiger partial charge in [0.15, 0.2) is 5.11 Å². The van der Waals surface area contributed by atoms with Crippen LogP contribution in [0.5, 0.6) is 0 Å². The minimum absolute atomic E-state index is 0.469. The van der Waals surface area contributed by atoms with Gasteiger partial charge < -0.3 is 10.2 Å². The molecule has 1 aliphatic rings. The van der Waals surface area contributed by atoms with Crippen LogP contribution in [0, 0.1) is 19.8 Å². The molecule has 0 bridgehead atoms. The Labute approximate surface area is 150 Å². The van der Waals surface area contributed by atoms with Crippen molar-refractivity contribution >= 4 is 23.0 Å². The zero-order chi connectivity index (χ0) is 17.1. The van der Waals surface area contributed by atoms with Crippen LogP contribution >= 0.6 is 12.2 Å². The van der Waals surface area contributed by atoms with Crippen LogP contribution in [0.3, 0.4) is 0 Å². The van der Waals surface area contributed by atoms with Gasteiger partial charge in [-0.05, 0) is 80.6 Å². The summed E-state index contributed by atoms with van der Waals surface area (Å²) in [5.41, 5.74) is 4.96. The van der Waals surface area contributed by atoms with Gasteiger partial charge in [0.05, 0.1) is 0 Å². The predicted molar refractivity (Wildman–Crippen MR) is 106 cm³/mol. The van der Waals surface area contributed by atoms with Crippen LogP contribution in [-0.2, 0) is 6.54 Å². The van der Waals surface area contributed by atoms with E-state index in [1.807, 2.05) is 0 Å². The van der Waals surface area contributed by atoms with Crippen molar-refractivity contribution in [1.82, 2.24) is 4.90 Å². The first-order chi connectivity index (χ1) is 11.5. The highest BCUT2D eigenvalue weighted by Crippen LogP contribution is 2.36. The second-order valence-corrected chi connectivity index (χ2v) is 7.31. The third-order valence-electron chi connectivity index (χ3n) is 5.01. The molecule has 0 aromatic heterocycles. The Morgan fingerprint density at radius 1 is 1.12 bits per heavy atom. The Hall–Kier alpha value is -1.87. The average molecular weight is 339 g/mol. The number of hydrogen-bond donors (Lipinski definition) is 1. The number of aryl methyl sites for hydroxylation is 2. The van der Waals surface area contributed by atoms with Crippen molar-refractivity contribution in [3.63, 3.8) is 0 Å². The van der Waals surface area contributed by atoms with Gasteiger partial charge in [-0.2, -0.15) is 0 Å². The second kappa shape index (κ2) is 7.35. The molecule has 0 saturated heterocycles. The van der Waals surface area contributed by atoms with Crippen molar-refractivity contribution in [3.8, 4) is 0 Å². The molecule has 2 aromatic carbocycles. The molecule has 126 valence electrons. The number of nitrogens with zero attached hydrogens (tertiary/aromatic N) is 1. The molecule has 0 aliphatic heterocycles. The molecule has 1 N–H and O–H groups in total. The average Bonchev–Trinajstić information content (AvgIpc) is 3.41. The van der Waals surface area contributed by atoms with Crippen LogP contribution in [-0.4, -0.2) is 16.1 Å². The first-order valence-corrected chi connectivity index (χ1v) is 9.14. The standard InChI is InChI=1S/C21H26N2S/c1-15-9-12-20(13-16(15)2)22-21(24)23(17(3)19-10-11-19)14-18-7-5-4-6-8-18/h4-9,12-13,17,19H,10-11,14H2,1-3H3,(H,22,24)/t17-/m0/s1. The monoisotopic (exact) mass is 338 g/mol. The molecule has 1 fully saturated rings. The van der Waals surface area contributed by atoms with Crippen LogP contribution in [0.15, 0.2) is 48.5 Å². The van der Waals surface area contributed by atoms with Crippen molar-refractivity contribution < 1.29 is 0 Å². The summed E-state index contributed by atoms with van der Waals surface area (Å²) in [5.74, 6) is 0.771. The largest absolute Gasteiger partial charge is 0.342 e. The van der Waals surface area contributed by atoms with Crippen LogP contribution < -0.4 is 5.32 Å². The van der Waals surface area contributed by atoms with Crippen LogP contribution in [0.4, 0.5) is 5.69 Å². The molecular formula is C21H26N2S. The van der Waals surface area contributed by atoms with Crippen molar-refractivity contribution in [2.24, 2.45) is 5.92 Å². The lowest BCUT2D eigenvalue weighted by atomic mass is 10.1. The number of benzene rings is 2. The number of nitrogens with one attached hydrogen (secondary N) is 1. The van der Waals surface area contributed by atoms with E-state index in [4.69, 9.17) is 12.2 Å². The molecule has 1 saturated carbocycles. The van der Waals surface area contributed by atoms with Crippen molar-refractivity contribution in [2.45, 2.75) is 46.2 Å². The summed E-state index contributed by atoms with van der Waals surface area (Å²) in [7, 11) is 0. The number of anilines is 1. The molecule has 1 aliphatic carbocycles. The van der Waals surface area contributed by atoms with E-state index in [9.17, 15) is 0 Å². The van der Waals surface area contributed by atoms with E-state index in [0.29, 0.717) is 6.04 Å². The molecular weight excluding hydrogens is 312 g/mol. The quantitative estimate of drug-likeness (QED) is 0.745. The Balaban J connectivity index is 1.76. The predicted octanol–water partition coefficient (Wildman–Crippen LogP) is 5.30. The fraction of sp³-hybridized carbons (Fsp3) is 0.381. The Morgan fingerprint density at radius 2 is 1.83 bits per heavy atom. The first kappa shape index (κ1) is 17.0. The van der Waals surface area contributed by atoms with E-state index in [1.165, 1.54) is 29.5 Å². The van der Waals surface area contributed by atoms with Crippen molar-refractivity contribution in [1.29, 1.82) is 0 Å². The van der Waals surface area contributed by atoms with Gasteiger partial charge in [0, 0.05) is 18.3 Å². The topological polar surface area (TPSA) is 15.3 Å². The van der Waals surface area contributed by atoms with Gasteiger partial charge in [0.25, 0.3) is 0 Å². The van der Waals surface area contributed by atoms with E-state index < -0.39 is 0 Å². The fourth-order valence-corrected chi connectivity index (χ4v) is 3.38. The van der Waals surface area contributed by atoms with Gasteiger partial charge in [0.1, 0.15) is 0 Å². The number of thiocarbonyl (C=S) groups is 1. The molecule has 0 heterocycles. The van der Waals surface area contributed by atoms with Gasteiger partial charge in [-0.3, -0.25) is 0 Å². The van der Waals surface area contributed by atoms with Gasteiger partial charge in [-0.1, -0.05) is 36.4 Å². The summed E-state index contributed by atoms with van der Waals surface area (Å²) in [4.78, 5) is 2.34. The second-order valence-electron chi connectivity index (χ2n) is 6.92. The lowest BCUT2D eigenvalue weighted by Crippen LogP contribution is -2.41. The number of hydrogen-bond acceptors (Lipinski definition) is 1. The van der Waals surface area contributed by atoms with Crippen LogP contribution in [0.1, 0.15) is 36.5 Å². The highest BCUT2D eigenvalue weighted by Gasteiger charge is 2.33. The first-order valence-electron chi connectivity index (χ1n) is 8.73. The third kappa shape index (κ3) is 4.15. The Morgan fingerprint density at radius 3 is 2.46 bits per heavy atom. The Kier molecular flexibility index (Phi) is 5.20. The molecule has 3 heteroatoms. The molecule has 1 atom stereocenters. The summed E-state index contributed by atoms with van der Waals surface area (Å²) in [6.45, 7) is 7.43. The molecule has 0 radical (unpaired) electrons. The smallest absolute Gasteiger partial charge is 0.173 e. The minimum Gasteiger partial charge on any atom is -0.342 e. The molecule has 0 amide bonds. The summed E-state index contributed by atoms with van der Waals surface area (Å²) >= 11 is 5.77. The van der Waals surface area contributed by atoms with E-state index in [0.717, 1.165) is 23.3 Å². The zero-order valence-corrected chi connectivity index (χ0v) is 15.6. The third-order valence-corrected chi connectivity index (χ3v) is 5.35. The summed E-state index contributed by atoms with van der Waals surface area (Å²) in [6, 6.07) is 17.5. The molecule has 2 nitrogen and oxygen atoms in total. The molecule has 0 spiro atoms. The number of rotatable bonds is 5. The summed E-state index contributed by atoms with van der Waals surface area (Å²) in [5, 5.41) is 4.27. The highest BCUT2D eigenvalue weighted by molar-refractivity contribution is 7.80. The molecule has 24 heavy (non-hydrogen) atoms. The van der Waals surface area contributed by atoms with Crippen molar-refractivity contribution in [2.75, 3.05) is 5.32 Å².